The summed E-state index contributed by atoms with van der Waals surface area (Å²) in [6, 6.07) is 16.4. The number of methoxy groups -OCH3 is 2. The molecular weight excluding hydrogens is 344 g/mol. The molecule has 0 spiro atoms. The summed E-state index contributed by atoms with van der Waals surface area (Å²) in [5.41, 5.74) is 3.77. The summed E-state index contributed by atoms with van der Waals surface area (Å²) in [6.07, 6.45) is 1.57. The van der Waals surface area contributed by atoms with E-state index in [1.54, 1.807) is 38.5 Å². The zero-order chi connectivity index (χ0) is 19.2. The van der Waals surface area contributed by atoms with Gasteiger partial charge in [0.1, 0.15) is 5.75 Å². The lowest BCUT2D eigenvalue weighted by Crippen LogP contribution is -2.19. The first kappa shape index (κ1) is 18.3. The molecule has 3 aromatic carbocycles. The number of phenols is 1. The number of phenolic OH excluding ortho intramolecular Hbond substituents is 1. The smallest absolute Gasteiger partial charge is 0.244 e. The van der Waals surface area contributed by atoms with Gasteiger partial charge in [-0.05, 0) is 29.1 Å². The molecule has 0 atom stereocenters. The highest BCUT2D eigenvalue weighted by Gasteiger charge is 2.08. The number of nitrogens with zero attached hydrogens (tertiary/aromatic N) is 1. The minimum Gasteiger partial charge on any atom is -0.507 e. The highest BCUT2D eigenvalue weighted by molar-refractivity contribution is 5.97. The largest absolute Gasteiger partial charge is 0.507 e. The molecular formula is C21H20N2O4. The molecule has 3 aromatic rings. The molecule has 2 N–H and O–H groups in total. The molecule has 0 aromatic heterocycles. The van der Waals surface area contributed by atoms with Gasteiger partial charge in [-0.3, -0.25) is 4.79 Å². The quantitative estimate of drug-likeness (QED) is 0.520. The summed E-state index contributed by atoms with van der Waals surface area (Å²) in [6.45, 7) is 0. The molecule has 6 nitrogen and oxygen atoms in total. The molecule has 0 fully saturated rings. The van der Waals surface area contributed by atoms with Crippen molar-refractivity contribution in [2.45, 2.75) is 6.42 Å². The van der Waals surface area contributed by atoms with Gasteiger partial charge >= 0.3 is 0 Å². The average molecular weight is 364 g/mol. The number of hydrazone groups is 1. The number of amides is 1. The van der Waals surface area contributed by atoms with Crippen molar-refractivity contribution in [2.75, 3.05) is 14.2 Å². The molecule has 6 heteroatoms. The number of fused-ring (bicyclic) bond motifs is 1. The van der Waals surface area contributed by atoms with Crippen molar-refractivity contribution in [3.8, 4) is 17.2 Å². The van der Waals surface area contributed by atoms with Crippen LogP contribution in [0.1, 0.15) is 11.1 Å². The summed E-state index contributed by atoms with van der Waals surface area (Å²) < 4.78 is 10.4. The summed E-state index contributed by atoms with van der Waals surface area (Å²) in [5.74, 6) is 1.02. The zero-order valence-electron chi connectivity index (χ0n) is 15.1. The zero-order valence-corrected chi connectivity index (χ0v) is 15.1. The van der Waals surface area contributed by atoms with E-state index in [0.29, 0.717) is 17.1 Å². The van der Waals surface area contributed by atoms with Crippen LogP contribution in [0.15, 0.2) is 59.7 Å². The second-order valence-corrected chi connectivity index (χ2v) is 5.88. The van der Waals surface area contributed by atoms with Gasteiger partial charge in [0, 0.05) is 10.9 Å². The van der Waals surface area contributed by atoms with Crippen molar-refractivity contribution in [1.29, 1.82) is 0 Å². The van der Waals surface area contributed by atoms with Gasteiger partial charge < -0.3 is 14.6 Å². The maximum atomic E-state index is 12.1. The first-order valence-corrected chi connectivity index (χ1v) is 8.36. The third-order valence-electron chi connectivity index (χ3n) is 4.14. The van der Waals surface area contributed by atoms with Crippen LogP contribution in [0.5, 0.6) is 17.2 Å². The fourth-order valence-corrected chi connectivity index (χ4v) is 2.77. The standard InChI is InChI=1S/C21H20N2O4/c1-26-18-10-7-14(11-19(18)27-2)12-20(24)23-22-13-16-9-8-15-5-3-4-6-17(15)21(16)25/h3-11,13,25H,12H2,1-2H3,(H,23,24)/b22-13+. The molecule has 0 aliphatic rings. The van der Waals surface area contributed by atoms with Crippen LogP contribution in [0.2, 0.25) is 0 Å². The molecule has 0 heterocycles. The molecule has 3 rings (SSSR count). The third-order valence-corrected chi connectivity index (χ3v) is 4.14. The van der Waals surface area contributed by atoms with E-state index in [-0.39, 0.29) is 18.1 Å². The van der Waals surface area contributed by atoms with Gasteiger partial charge in [-0.2, -0.15) is 5.10 Å². The van der Waals surface area contributed by atoms with Crippen LogP contribution >= 0.6 is 0 Å². The monoisotopic (exact) mass is 364 g/mol. The Balaban J connectivity index is 1.66. The van der Waals surface area contributed by atoms with Crippen LogP contribution in [0, 0.1) is 0 Å². The van der Waals surface area contributed by atoms with Crippen LogP contribution < -0.4 is 14.9 Å². The molecule has 27 heavy (non-hydrogen) atoms. The Kier molecular flexibility index (Phi) is 5.56. The van der Waals surface area contributed by atoms with Crippen LogP contribution in [0.4, 0.5) is 0 Å². The van der Waals surface area contributed by atoms with E-state index in [1.807, 2.05) is 30.3 Å². The number of hydrogen-bond donors (Lipinski definition) is 2. The van der Waals surface area contributed by atoms with Gasteiger partial charge in [0.25, 0.3) is 0 Å². The minimum absolute atomic E-state index is 0.131. The van der Waals surface area contributed by atoms with Gasteiger partial charge in [0.15, 0.2) is 11.5 Å². The first-order chi connectivity index (χ1) is 13.1. The molecule has 138 valence electrons. The predicted molar refractivity (Wildman–Crippen MR) is 105 cm³/mol. The number of rotatable bonds is 6. The van der Waals surface area contributed by atoms with Crippen LogP contribution in [-0.2, 0) is 11.2 Å². The maximum Gasteiger partial charge on any atom is 0.244 e. The van der Waals surface area contributed by atoms with E-state index in [0.717, 1.165) is 16.3 Å². The fourth-order valence-electron chi connectivity index (χ4n) is 2.77. The number of aromatic hydroxyl groups is 1. The lowest BCUT2D eigenvalue weighted by molar-refractivity contribution is -0.120. The van der Waals surface area contributed by atoms with Gasteiger partial charge in [0.2, 0.25) is 5.91 Å². The number of carbonyl (C=O) groups excluding carboxylic acids is 1. The third kappa shape index (κ3) is 4.17. The van der Waals surface area contributed by atoms with Crippen molar-refractivity contribution < 1.29 is 19.4 Å². The van der Waals surface area contributed by atoms with Gasteiger partial charge in [-0.15, -0.1) is 0 Å². The molecule has 0 unspecified atom stereocenters. The molecule has 0 aliphatic carbocycles. The Morgan fingerprint density at radius 1 is 1.07 bits per heavy atom. The SMILES string of the molecule is COc1ccc(CC(=O)N/N=C/c2ccc3ccccc3c2O)cc1OC. The van der Waals surface area contributed by atoms with Crippen LogP contribution in [-0.4, -0.2) is 31.4 Å². The molecule has 0 radical (unpaired) electrons. The van der Waals surface area contributed by atoms with Crippen molar-refractivity contribution in [3.05, 3.63) is 65.7 Å². The Hall–Kier alpha value is -3.54. The van der Waals surface area contributed by atoms with Gasteiger partial charge in [-0.1, -0.05) is 36.4 Å². The molecule has 0 bridgehead atoms. The summed E-state index contributed by atoms with van der Waals surface area (Å²) in [7, 11) is 3.10. The Morgan fingerprint density at radius 3 is 2.63 bits per heavy atom. The molecule has 0 aliphatic heterocycles. The number of ether oxygens (including phenoxy) is 2. The minimum atomic E-state index is -0.279. The summed E-state index contributed by atoms with van der Waals surface area (Å²) in [5, 5.41) is 15.9. The molecule has 0 saturated heterocycles. The predicted octanol–water partition coefficient (Wildman–Crippen LogP) is 3.26. The van der Waals surface area contributed by atoms with E-state index in [1.165, 1.54) is 6.21 Å². The van der Waals surface area contributed by atoms with E-state index < -0.39 is 0 Å². The summed E-state index contributed by atoms with van der Waals surface area (Å²) >= 11 is 0. The van der Waals surface area contributed by atoms with Crippen molar-refractivity contribution >= 4 is 22.9 Å². The van der Waals surface area contributed by atoms with Crippen molar-refractivity contribution in [3.63, 3.8) is 0 Å². The topological polar surface area (TPSA) is 80.2 Å². The van der Waals surface area contributed by atoms with E-state index in [4.69, 9.17) is 9.47 Å². The Bertz CT molecular complexity index is 999. The highest BCUT2D eigenvalue weighted by atomic mass is 16.5. The van der Waals surface area contributed by atoms with Gasteiger partial charge in [0.05, 0.1) is 26.9 Å². The second-order valence-electron chi connectivity index (χ2n) is 5.88. The van der Waals surface area contributed by atoms with Crippen LogP contribution in [0.3, 0.4) is 0 Å². The summed E-state index contributed by atoms with van der Waals surface area (Å²) in [4.78, 5) is 12.1. The lowest BCUT2D eigenvalue weighted by atomic mass is 10.1. The van der Waals surface area contributed by atoms with Gasteiger partial charge in [-0.25, -0.2) is 5.43 Å². The molecule has 0 saturated carbocycles. The first-order valence-electron chi connectivity index (χ1n) is 8.36. The second kappa shape index (κ2) is 8.23. The van der Waals surface area contributed by atoms with Crippen LogP contribution in [0.25, 0.3) is 10.8 Å². The van der Waals surface area contributed by atoms with E-state index >= 15 is 0 Å². The van der Waals surface area contributed by atoms with E-state index in [9.17, 15) is 9.90 Å². The Labute approximate surface area is 157 Å². The number of carbonyl (C=O) groups is 1. The average Bonchev–Trinajstić information content (AvgIpc) is 2.69. The number of hydrogen-bond acceptors (Lipinski definition) is 5. The lowest BCUT2D eigenvalue weighted by Gasteiger charge is -2.09. The Morgan fingerprint density at radius 2 is 1.85 bits per heavy atom. The number of benzene rings is 3. The van der Waals surface area contributed by atoms with Crippen molar-refractivity contribution in [1.82, 2.24) is 5.43 Å². The highest BCUT2D eigenvalue weighted by Crippen LogP contribution is 2.28. The van der Waals surface area contributed by atoms with E-state index in [2.05, 4.69) is 10.5 Å². The molecule has 1 amide bonds. The van der Waals surface area contributed by atoms with Crippen molar-refractivity contribution in [2.24, 2.45) is 5.10 Å². The normalized spacial score (nSPS) is 10.9. The maximum absolute atomic E-state index is 12.1. The fraction of sp³-hybridized carbons (Fsp3) is 0.143. The number of nitrogens with one attached hydrogen (secondary N) is 1.